The van der Waals surface area contributed by atoms with Gasteiger partial charge in [0.25, 0.3) is 5.91 Å². The van der Waals surface area contributed by atoms with Crippen molar-refractivity contribution in [3.8, 4) is 0 Å². The zero-order valence-electron chi connectivity index (χ0n) is 18.2. The van der Waals surface area contributed by atoms with E-state index in [0.29, 0.717) is 18.9 Å². The summed E-state index contributed by atoms with van der Waals surface area (Å²) in [5.41, 5.74) is 3.60. The van der Waals surface area contributed by atoms with Crippen LogP contribution in [0.2, 0.25) is 0 Å². The number of likely N-dealkylation sites (tertiary alicyclic amines) is 1. The molecule has 0 spiro atoms. The average molecular weight is 429 g/mol. The Hall–Kier alpha value is -3.34. The highest BCUT2D eigenvalue weighted by Gasteiger charge is 2.38. The molecule has 1 atom stereocenters. The second-order valence-electron chi connectivity index (χ2n) is 8.86. The topological polar surface area (TPSA) is 53.8 Å². The fraction of sp³-hybridized carbons (Fsp3) is 0.333. The number of nitrogens with zero attached hydrogens (tertiary/aromatic N) is 2. The number of fused-ring (bicyclic) bond motifs is 1. The monoisotopic (exact) mass is 428 g/mol. The predicted octanol–water partition coefficient (Wildman–Crippen LogP) is 4.33. The maximum absolute atomic E-state index is 13.6. The fourth-order valence-electron chi connectivity index (χ4n) is 5.01. The maximum Gasteiger partial charge on any atom is 0.290 e. The van der Waals surface area contributed by atoms with Crippen LogP contribution in [0.3, 0.4) is 0 Å². The molecular weight excluding hydrogens is 400 g/mol. The van der Waals surface area contributed by atoms with E-state index in [-0.39, 0.29) is 17.6 Å². The van der Waals surface area contributed by atoms with Gasteiger partial charge in [0, 0.05) is 26.1 Å². The molecule has 5 rings (SSSR count). The molecule has 2 aliphatic heterocycles. The van der Waals surface area contributed by atoms with E-state index in [9.17, 15) is 9.59 Å². The number of rotatable bonds is 4. The van der Waals surface area contributed by atoms with E-state index < -0.39 is 6.04 Å². The summed E-state index contributed by atoms with van der Waals surface area (Å²) < 4.78 is 5.36. The van der Waals surface area contributed by atoms with Crippen LogP contribution < -0.4 is 0 Å². The molecule has 3 aromatic rings. The van der Waals surface area contributed by atoms with Gasteiger partial charge in [0.05, 0.1) is 6.26 Å². The Morgan fingerprint density at radius 3 is 2.31 bits per heavy atom. The number of hydrogen-bond donors (Lipinski definition) is 0. The van der Waals surface area contributed by atoms with E-state index in [2.05, 4.69) is 30.3 Å². The molecule has 32 heavy (non-hydrogen) atoms. The van der Waals surface area contributed by atoms with E-state index in [1.807, 2.05) is 29.2 Å². The van der Waals surface area contributed by atoms with Gasteiger partial charge in [-0.15, -0.1) is 0 Å². The van der Waals surface area contributed by atoms with Gasteiger partial charge in [-0.2, -0.15) is 0 Å². The van der Waals surface area contributed by atoms with E-state index in [1.54, 1.807) is 17.0 Å². The smallest absolute Gasteiger partial charge is 0.290 e. The lowest BCUT2D eigenvalue weighted by Gasteiger charge is -2.40. The van der Waals surface area contributed by atoms with Gasteiger partial charge in [0.1, 0.15) is 6.04 Å². The van der Waals surface area contributed by atoms with Crippen LogP contribution in [0.15, 0.2) is 77.4 Å². The van der Waals surface area contributed by atoms with E-state index in [1.165, 1.54) is 11.8 Å². The molecule has 1 saturated heterocycles. The summed E-state index contributed by atoms with van der Waals surface area (Å²) in [6.45, 7) is 1.92. The highest BCUT2D eigenvalue weighted by atomic mass is 16.3. The molecule has 2 amide bonds. The van der Waals surface area contributed by atoms with Crippen LogP contribution in [0, 0.1) is 5.92 Å². The van der Waals surface area contributed by atoms with Crippen LogP contribution in [-0.2, 0) is 24.2 Å². The van der Waals surface area contributed by atoms with Crippen molar-refractivity contribution in [3.05, 3.63) is 95.4 Å². The Balaban J connectivity index is 1.30. The van der Waals surface area contributed by atoms with Crippen LogP contribution in [0.1, 0.15) is 40.1 Å². The average Bonchev–Trinajstić information content (AvgIpc) is 3.39. The lowest BCUT2D eigenvalue weighted by molar-refractivity contribution is -0.138. The lowest BCUT2D eigenvalue weighted by atomic mass is 9.89. The van der Waals surface area contributed by atoms with Crippen molar-refractivity contribution < 1.29 is 14.0 Å². The number of carbonyl (C=O) groups excluding carboxylic acids is 2. The number of furan rings is 1. The van der Waals surface area contributed by atoms with Crippen LogP contribution in [-0.4, -0.2) is 40.7 Å². The van der Waals surface area contributed by atoms with Crippen molar-refractivity contribution in [1.29, 1.82) is 0 Å². The SMILES string of the molecule is O=C(C1Cc2ccccc2CN1C(=O)c1ccco1)N1CCC(Cc2ccccc2)CC1. The molecule has 3 heterocycles. The van der Waals surface area contributed by atoms with Gasteiger partial charge in [-0.05, 0) is 54.0 Å². The minimum atomic E-state index is -0.492. The molecule has 164 valence electrons. The molecule has 0 bridgehead atoms. The summed E-state index contributed by atoms with van der Waals surface area (Å²) in [4.78, 5) is 30.5. The third-order valence-corrected chi connectivity index (χ3v) is 6.82. The van der Waals surface area contributed by atoms with Crippen molar-refractivity contribution in [2.45, 2.75) is 38.3 Å². The molecule has 0 radical (unpaired) electrons. The van der Waals surface area contributed by atoms with Crippen molar-refractivity contribution in [2.24, 2.45) is 5.92 Å². The number of benzene rings is 2. The Kier molecular flexibility index (Phi) is 5.80. The number of hydrogen-bond acceptors (Lipinski definition) is 3. The first-order valence-corrected chi connectivity index (χ1v) is 11.4. The zero-order chi connectivity index (χ0) is 21.9. The van der Waals surface area contributed by atoms with Gasteiger partial charge in [-0.3, -0.25) is 9.59 Å². The minimum absolute atomic E-state index is 0.0533. The number of carbonyl (C=O) groups is 2. The van der Waals surface area contributed by atoms with Crippen LogP contribution in [0.4, 0.5) is 0 Å². The highest BCUT2D eigenvalue weighted by Crippen LogP contribution is 2.28. The largest absolute Gasteiger partial charge is 0.459 e. The molecule has 0 saturated carbocycles. The summed E-state index contributed by atoms with van der Waals surface area (Å²) in [6, 6.07) is 21.5. The van der Waals surface area contributed by atoms with Gasteiger partial charge in [-0.1, -0.05) is 54.6 Å². The normalized spacial score (nSPS) is 18.9. The van der Waals surface area contributed by atoms with Crippen molar-refractivity contribution in [1.82, 2.24) is 9.80 Å². The first kappa shape index (κ1) is 20.6. The first-order chi connectivity index (χ1) is 15.7. The van der Waals surface area contributed by atoms with Gasteiger partial charge < -0.3 is 14.2 Å². The Labute approximate surface area is 188 Å². The van der Waals surface area contributed by atoms with E-state index in [0.717, 1.165) is 43.5 Å². The zero-order valence-corrected chi connectivity index (χ0v) is 18.2. The predicted molar refractivity (Wildman–Crippen MR) is 122 cm³/mol. The second-order valence-corrected chi connectivity index (χ2v) is 8.86. The van der Waals surface area contributed by atoms with Crippen LogP contribution in [0.25, 0.3) is 0 Å². The lowest BCUT2D eigenvalue weighted by Crippen LogP contribution is -2.55. The first-order valence-electron chi connectivity index (χ1n) is 11.4. The molecule has 0 N–H and O–H groups in total. The van der Waals surface area contributed by atoms with Crippen LogP contribution >= 0.6 is 0 Å². The molecule has 2 aromatic carbocycles. The Morgan fingerprint density at radius 1 is 0.875 bits per heavy atom. The molecule has 1 fully saturated rings. The van der Waals surface area contributed by atoms with Crippen molar-refractivity contribution in [2.75, 3.05) is 13.1 Å². The van der Waals surface area contributed by atoms with E-state index >= 15 is 0 Å². The minimum Gasteiger partial charge on any atom is -0.459 e. The molecule has 5 nitrogen and oxygen atoms in total. The fourth-order valence-corrected chi connectivity index (χ4v) is 5.01. The Bertz CT molecular complexity index is 1070. The summed E-state index contributed by atoms with van der Waals surface area (Å²) in [5, 5.41) is 0. The van der Waals surface area contributed by atoms with Crippen molar-refractivity contribution >= 4 is 11.8 Å². The Morgan fingerprint density at radius 2 is 1.59 bits per heavy atom. The molecule has 1 unspecified atom stereocenters. The standard InChI is InChI=1S/C27H28N2O3/c30-26(28-14-12-21(13-15-28)17-20-7-2-1-3-8-20)24-18-22-9-4-5-10-23(22)19-29(24)27(31)25-11-6-16-32-25/h1-11,16,21,24H,12-15,17-19H2. The molecule has 0 aliphatic carbocycles. The number of amides is 2. The van der Waals surface area contributed by atoms with Gasteiger partial charge in [0.15, 0.2) is 5.76 Å². The molecule has 5 heteroatoms. The summed E-state index contributed by atoms with van der Waals surface area (Å²) in [5.74, 6) is 0.706. The van der Waals surface area contributed by atoms with Gasteiger partial charge in [-0.25, -0.2) is 0 Å². The van der Waals surface area contributed by atoms with E-state index in [4.69, 9.17) is 4.42 Å². The summed E-state index contributed by atoms with van der Waals surface area (Å²) in [6.07, 6.45) is 5.10. The molecular formula is C27H28N2O3. The van der Waals surface area contributed by atoms with Gasteiger partial charge >= 0.3 is 0 Å². The third-order valence-electron chi connectivity index (χ3n) is 6.82. The van der Waals surface area contributed by atoms with Gasteiger partial charge in [0.2, 0.25) is 5.91 Å². The summed E-state index contributed by atoms with van der Waals surface area (Å²) in [7, 11) is 0. The third kappa shape index (κ3) is 4.20. The highest BCUT2D eigenvalue weighted by molar-refractivity contribution is 5.96. The van der Waals surface area contributed by atoms with Crippen molar-refractivity contribution in [3.63, 3.8) is 0 Å². The van der Waals surface area contributed by atoms with Crippen LogP contribution in [0.5, 0.6) is 0 Å². The second kappa shape index (κ2) is 9.03. The maximum atomic E-state index is 13.6. The molecule has 1 aromatic heterocycles. The molecule has 2 aliphatic rings. The summed E-state index contributed by atoms with van der Waals surface area (Å²) >= 11 is 0. The quantitative estimate of drug-likeness (QED) is 0.622. The number of piperidine rings is 1.